The standard InChI is InChI=1S/C16H26O3/c1-10-5-7-11(8-6-10)14(17)12-9-13(12)15(18)19-16(2,3)4/h10-13H,5-9H2,1-4H3. The molecule has 0 aromatic carbocycles. The number of ether oxygens (including phenoxy) is 1. The summed E-state index contributed by atoms with van der Waals surface area (Å²) in [6.07, 6.45) is 5.04. The molecule has 3 nitrogen and oxygen atoms in total. The smallest absolute Gasteiger partial charge is 0.310 e. The second kappa shape index (κ2) is 5.26. The molecule has 0 bridgehead atoms. The monoisotopic (exact) mass is 266 g/mol. The van der Waals surface area contributed by atoms with Gasteiger partial charge in [0.15, 0.2) is 0 Å². The van der Waals surface area contributed by atoms with E-state index >= 15 is 0 Å². The fraction of sp³-hybridized carbons (Fsp3) is 0.875. The van der Waals surface area contributed by atoms with Crippen molar-refractivity contribution in [2.45, 2.75) is 65.4 Å². The third-order valence-electron chi connectivity index (χ3n) is 4.28. The highest BCUT2D eigenvalue weighted by atomic mass is 16.6. The number of rotatable bonds is 3. The lowest BCUT2D eigenvalue weighted by Gasteiger charge is -2.25. The van der Waals surface area contributed by atoms with Gasteiger partial charge in [-0.1, -0.05) is 19.8 Å². The summed E-state index contributed by atoms with van der Waals surface area (Å²) in [6.45, 7) is 7.85. The van der Waals surface area contributed by atoms with Crippen LogP contribution in [0.5, 0.6) is 0 Å². The molecular formula is C16H26O3. The lowest BCUT2D eigenvalue weighted by atomic mass is 9.79. The van der Waals surface area contributed by atoms with Crippen molar-refractivity contribution in [1.29, 1.82) is 0 Å². The predicted molar refractivity (Wildman–Crippen MR) is 73.6 cm³/mol. The maximum Gasteiger partial charge on any atom is 0.310 e. The number of ketones is 1. The molecule has 3 heteroatoms. The fourth-order valence-electron chi connectivity index (χ4n) is 2.99. The maximum atomic E-state index is 12.3. The Bertz CT molecular complexity index is 359. The van der Waals surface area contributed by atoms with Crippen molar-refractivity contribution in [1.82, 2.24) is 0 Å². The summed E-state index contributed by atoms with van der Waals surface area (Å²) in [4.78, 5) is 24.2. The van der Waals surface area contributed by atoms with Crippen LogP contribution in [-0.2, 0) is 14.3 Å². The number of hydrogen-bond donors (Lipinski definition) is 0. The van der Waals surface area contributed by atoms with Gasteiger partial charge in [0.1, 0.15) is 11.4 Å². The zero-order valence-corrected chi connectivity index (χ0v) is 12.6. The quantitative estimate of drug-likeness (QED) is 0.736. The molecule has 0 aromatic heterocycles. The zero-order valence-electron chi connectivity index (χ0n) is 12.6. The second-order valence-corrected chi connectivity index (χ2v) is 7.34. The first-order valence-corrected chi connectivity index (χ1v) is 7.54. The summed E-state index contributed by atoms with van der Waals surface area (Å²) < 4.78 is 5.36. The Morgan fingerprint density at radius 1 is 1.00 bits per heavy atom. The van der Waals surface area contributed by atoms with Crippen molar-refractivity contribution < 1.29 is 14.3 Å². The molecule has 19 heavy (non-hydrogen) atoms. The van der Waals surface area contributed by atoms with Crippen LogP contribution in [0.4, 0.5) is 0 Å². The molecule has 108 valence electrons. The Balaban J connectivity index is 1.82. The van der Waals surface area contributed by atoms with Gasteiger partial charge in [0.2, 0.25) is 0 Å². The highest BCUT2D eigenvalue weighted by molar-refractivity contribution is 5.92. The molecule has 2 aliphatic rings. The van der Waals surface area contributed by atoms with Gasteiger partial charge < -0.3 is 4.74 Å². The van der Waals surface area contributed by atoms with Crippen molar-refractivity contribution in [3.05, 3.63) is 0 Å². The van der Waals surface area contributed by atoms with Crippen molar-refractivity contribution in [3.8, 4) is 0 Å². The molecular weight excluding hydrogens is 240 g/mol. The van der Waals surface area contributed by atoms with Crippen molar-refractivity contribution >= 4 is 11.8 Å². The molecule has 0 spiro atoms. The average molecular weight is 266 g/mol. The van der Waals surface area contributed by atoms with E-state index in [1.807, 2.05) is 20.8 Å². The first-order chi connectivity index (χ1) is 8.78. The van der Waals surface area contributed by atoms with Crippen molar-refractivity contribution in [3.63, 3.8) is 0 Å². The normalized spacial score (nSPS) is 34.7. The van der Waals surface area contributed by atoms with Gasteiger partial charge >= 0.3 is 5.97 Å². The number of carbonyl (C=O) groups is 2. The molecule has 2 unspecified atom stereocenters. The number of esters is 1. The molecule has 2 saturated carbocycles. The van der Waals surface area contributed by atoms with Crippen LogP contribution in [-0.4, -0.2) is 17.4 Å². The van der Waals surface area contributed by atoms with Crippen LogP contribution >= 0.6 is 0 Å². The van der Waals surface area contributed by atoms with Gasteiger partial charge in [-0.05, 0) is 46.0 Å². The van der Waals surface area contributed by atoms with E-state index in [2.05, 4.69) is 6.92 Å². The van der Waals surface area contributed by atoms with E-state index in [0.717, 1.165) is 31.6 Å². The lowest BCUT2D eigenvalue weighted by Crippen LogP contribution is -2.27. The van der Waals surface area contributed by atoms with E-state index in [0.29, 0.717) is 12.2 Å². The van der Waals surface area contributed by atoms with Crippen LogP contribution in [0, 0.1) is 23.7 Å². The fourth-order valence-corrected chi connectivity index (χ4v) is 2.99. The highest BCUT2D eigenvalue weighted by Crippen LogP contribution is 2.45. The second-order valence-electron chi connectivity index (χ2n) is 7.34. The minimum atomic E-state index is -0.451. The Hall–Kier alpha value is -0.860. The van der Waals surface area contributed by atoms with Gasteiger partial charge in [0, 0.05) is 11.8 Å². The zero-order chi connectivity index (χ0) is 14.2. The van der Waals surface area contributed by atoms with Crippen LogP contribution in [0.1, 0.15) is 59.8 Å². The van der Waals surface area contributed by atoms with E-state index in [-0.39, 0.29) is 23.7 Å². The van der Waals surface area contributed by atoms with Gasteiger partial charge in [0.25, 0.3) is 0 Å². The summed E-state index contributed by atoms with van der Waals surface area (Å²) in [5, 5.41) is 0. The minimum absolute atomic E-state index is 0.0479. The highest BCUT2D eigenvalue weighted by Gasteiger charge is 2.51. The first-order valence-electron chi connectivity index (χ1n) is 7.54. The summed E-state index contributed by atoms with van der Waals surface area (Å²) in [6, 6.07) is 0. The Kier molecular flexibility index (Phi) is 4.03. The third kappa shape index (κ3) is 3.80. The lowest BCUT2D eigenvalue weighted by molar-refractivity contribution is -0.157. The molecule has 0 N–H and O–H groups in total. The van der Waals surface area contributed by atoms with E-state index in [1.165, 1.54) is 0 Å². The van der Waals surface area contributed by atoms with Gasteiger partial charge in [-0.3, -0.25) is 9.59 Å². The summed E-state index contributed by atoms with van der Waals surface area (Å²) in [7, 11) is 0. The maximum absolute atomic E-state index is 12.3. The van der Waals surface area contributed by atoms with Crippen molar-refractivity contribution in [2.24, 2.45) is 23.7 Å². The number of Topliss-reactive ketones (excluding diaryl/α,β-unsaturated/α-hetero) is 1. The Morgan fingerprint density at radius 2 is 1.58 bits per heavy atom. The average Bonchev–Trinajstić information content (AvgIpc) is 3.06. The van der Waals surface area contributed by atoms with Gasteiger partial charge in [-0.15, -0.1) is 0 Å². The van der Waals surface area contributed by atoms with Gasteiger partial charge in [0.05, 0.1) is 5.92 Å². The Morgan fingerprint density at radius 3 is 2.11 bits per heavy atom. The molecule has 2 rings (SSSR count). The van der Waals surface area contributed by atoms with Crippen LogP contribution in [0.15, 0.2) is 0 Å². The van der Waals surface area contributed by atoms with E-state index in [1.54, 1.807) is 0 Å². The van der Waals surface area contributed by atoms with Crippen molar-refractivity contribution in [2.75, 3.05) is 0 Å². The van der Waals surface area contributed by atoms with E-state index in [9.17, 15) is 9.59 Å². The van der Waals surface area contributed by atoms with E-state index in [4.69, 9.17) is 4.74 Å². The molecule has 0 amide bonds. The van der Waals surface area contributed by atoms with Crippen LogP contribution in [0.25, 0.3) is 0 Å². The third-order valence-corrected chi connectivity index (χ3v) is 4.28. The molecule has 0 saturated heterocycles. The Labute approximate surface area is 116 Å². The molecule has 2 fully saturated rings. The van der Waals surface area contributed by atoms with E-state index < -0.39 is 5.60 Å². The molecule has 2 atom stereocenters. The molecule has 0 aromatic rings. The van der Waals surface area contributed by atoms with Crippen LogP contribution < -0.4 is 0 Å². The number of hydrogen-bond acceptors (Lipinski definition) is 3. The molecule has 0 heterocycles. The number of carbonyl (C=O) groups excluding carboxylic acids is 2. The largest absolute Gasteiger partial charge is 0.460 e. The molecule has 2 aliphatic carbocycles. The first kappa shape index (κ1) is 14.5. The SMILES string of the molecule is CC1CCC(C(=O)C2CC2C(=O)OC(C)(C)C)CC1. The van der Waals surface area contributed by atoms with Gasteiger partial charge in [-0.2, -0.15) is 0 Å². The topological polar surface area (TPSA) is 43.4 Å². The predicted octanol–water partition coefficient (Wildman–Crippen LogP) is 3.36. The summed E-state index contributed by atoms with van der Waals surface area (Å²) in [5.74, 6) is 0.885. The van der Waals surface area contributed by atoms with Gasteiger partial charge in [-0.25, -0.2) is 0 Å². The van der Waals surface area contributed by atoms with Crippen LogP contribution in [0.3, 0.4) is 0 Å². The molecule has 0 aliphatic heterocycles. The minimum Gasteiger partial charge on any atom is -0.460 e. The van der Waals surface area contributed by atoms with Crippen LogP contribution in [0.2, 0.25) is 0 Å². The molecule has 0 radical (unpaired) electrons. The summed E-state index contributed by atoms with van der Waals surface area (Å²) in [5.41, 5.74) is -0.451. The summed E-state index contributed by atoms with van der Waals surface area (Å²) >= 11 is 0.